The standard InChI is InChI=1S/C12H11N3O2/c1-2-17-12(16)10-7-8-9(14-10)3-5-15-6-4-13-11(8)15/h3-5,7H,2,6H2,1H3. The lowest BCUT2D eigenvalue weighted by atomic mass is 10.2. The second kappa shape index (κ2) is 3.69. The third-order valence-electron chi connectivity index (χ3n) is 2.70. The van der Waals surface area contributed by atoms with Crippen LogP contribution in [0.3, 0.4) is 0 Å². The van der Waals surface area contributed by atoms with Gasteiger partial charge in [-0.3, -0.25) is 0 Å². The van der Waals surface area contributed by atoms with E-state index in [0.717, 1.165) is 23.6 Å². The van der Waals surface area contributed by atoms with Crippen LogP contribution in [0.15, 0.2) is 23.3 Å². The highest BCUT2D eigenvalue weighted by Crippen LogP contribution is 2.34. The lowest BCUT2D eigenvalue weighted by molar-refractivity contribution is 0.0520. The largest absolute Gasteiger partial charge is 0.461 e. The second-order valence-electron chi connectivity index (χ2n) is 3.76. The van der Waals surface area contributed by atoms with E-state index in [4.69, 9.17) is 4.74 Å². The Bertz CT molecular complexity index is 586. The van der Waals surface area contributed by atoms with E-state index in [0.29, 0.717) is 12.3 Å². The zero-order valence-corrected chi connectivity index (χ0v) is 9.38. The van der Waals surface area contributed by atoms with Crippen molar-refractivity contribution >= 4 is 18.0 Å². The van der Waals surface area contributed by atoms with Crippen LogP contribution in [0.1, 0.15) is 17.4 Å². The van der Waals surface area contributed by atoms with Gasteiger partial charge in [0.1, 0.15) is 11.5 Å². The zero-order valence-electron chi connectivity index (χ0n) is 9.38. The van der Waals surface area contributed by atoms with Crippen molar-refractivity contribution in [3.8, 4) is 11.3 Å². The van der Waals surface area contributed by atoms with Crippen molar-refractivity contribution in [3.05, 3.63) is 24.0 Å². The van der Waals surface area contributed by atoms with Gasteiger partial charge in [-0.25, -0.2) is 14.8 Å². The molecule has 0 saturated heterocycles. The molecule has 0 radical (unpaired) electrons. The van der Waals surface area contributed by atoms with Gasteiger partial charge >= 0.3 is 5.97 Å². The molecular formula is C12H11N3O2. The molecule has 3 rings (SSSR count). The van der Waals surface area contributed by atoms with Gasteiger partial charge in [-0.2, -0.15) is 0 Å². The Balaban J connectivity index is 2.10. The van der Waals surface area contributed by atoms with E-state index in [1.807, 2.05) is 23.0 Å². The summed E-state index contributed by atoms with van der Waals surface area (Å²) in [5.41, 5.74) is 2.01. The molecule has 0 spiro atoms. The number of carbonyl (C=O) groups excluding carboxylic acids is 1. The van der Waals surface area contributed by atoms with E-state index >= 15 is 0 Å². The average Bonchev–Trinajstić information content (AvgIpc) is 2.94. The number of aliphatic imine (C=N–C) groups is 1. The molecular weight excluding hydrogens is 218 g/mol. The van der Waals surface area contributed by atoms with E-state index in [9.17, 15) is 4.79 Å². The molecule has 0 aromatic carbocycles. The van der Waals surface area contributed by atoms with Gasteiger partial charge in [0.2, 0.25) is 0 Å². The average molecular weight is 229 g/mol. The maximum Gasteiger partial charge on any atom is 0.356 e. The molecule has 3 aliphatic rings. The molecule has 3 aliphatic heterocycles. The number of nitrogens with zero attached hydrogens (tertiary/aromatic N) is 3. The van der Waals surface area contributed by atoms with Gasteiger partial charge in [0.05, 0.1) is 18.8 Å². The van der Waals surface area contributed by atoms with E-state index in [1.54, 1.807) is 13.0 Å². The third-order valence-corrected chi connectivity index (χ3v) is 2.70. The number of pyridine rings is 1. The van der Waals surface area contributed by atoms with Gasteiger partial charge in [0.25, 0.3) is 0 Å². The van der Waals surface area contributed by atoms with Crippen molar-refractivity contribution in [1.29, 1.82) is 0 Å². The van der Waals surface area contributed by atoms with Crippen molar-refractivity contribution in [2.24, 2.45) is 4.99 Å². The summed E-state index contributed by atoms with van der Waals surface area (Å²) in [6, 6.07) is 3.62. The first-order valence-corrected chi connectivity index (χ1v) is 5.49. The van der Waals surface area contributed by atoms with Crippen LogP contribution in [0.4, 0.5) is 5.82 Å². The first-order chi connectivity index (χ1) is 8.29. The molecule has 5 nitrogen and oxygen atoms in total. The lowest BCUT2D eigenvalue weighted by Gasteiger charge is -2.05. The summed E-state index contributed by atoms with van der Waals surface area (Å²) in [6.07, 6.45) is 3.76. The van der Waals surface area contributed by atoms with Crippen LogP contribution in [0, 0.1) is 0 Å². The zero-order chi connectivity index (χ0) is 11.8. The number of rotatable bonds is 2. The predicted octanol–water partition coefficient (Wildman–Crippen LogP) is 1.88. The number of fused-ring (bicyclic) bond motifs is 3. The molecule has 0 aromatic heterocycles. The number of ether oxygens (including phenoxy) is 1. The van der Waals surface area contributed by atoms with Crippen molar-refractivity contribution in [3.63, 3.8) is 0 Å². The molecule has 0 N–H and O–H groups in total. The highest BCUT2D eigenvalue weighted by Gasteiger charge is 2.20. The van der Waals surface area contributed by atoms with Crippen LogP contribution in [-0.2, 0) is 11.3 Å². The molecule has 0 saturated carbocycles. The molecule has 0 aromatic rings. The number of aromatic nitrogens is 2. The van der Waals surface area contributed by atoms with Gasteiger partial charge in [-0.1, -0.05) is 0 Å². The Morgan fingerprint density at radius 2 is 2.47 bits per heavy atom. The van der Waals surface area contributed by atoms with E-state index in [1.165, 1.54) is 0 Å². The molecule has 17 heavy (non-hydrogen) atoms. The summed E-state index contributed by atoms with van der Waals surface area (Å²) in [6.45, 7) is 2.90. The maximum absolute atomic E-state index is 11.6. The molecule has 0 amide bonds. The molecule has 0 fully saturated rings. The molecule has 3 heterocycles. The fraction of sp³-hybridized carbons (Fsp3) is 0.250. The molecule has 86 valence electrons. The van der Waals surface area contributed by atoms with Crippen LogP contribution < -0.4 is 0 Å². The summed E-state index contributed by atoms with van der Waals surface area (Å²) < 4.78 is 6.94. The fourth-order valence-electron chi connectivity index (χ4n) is 1.94. The maximum atomic E-state index is 11.6. The Morgan fingerprint density at radius 3 is 3.29 bits per heavy atom. The minimum atomic E-state index is -0.385. The Kier molecular flexibility index (Phi) is 2.18. The van der Waals surface area contributed by atoms with Crippen molar-refractivity contribution in [2.45, 2.75) is 13.5 Å². The smallest absolute Gasteiger partial charge is 0.356 e. The van der Waals surface area contributed by atoms with Crippen molar-refractivity contribution in [1.82, 2.24) is 9.55 Å². The van der Waals surface area contributed by atoms with Gasteiger partial charge in [0.15, 0.2) is 0 Å². The Labute approximate surface area is 98.1 Å². The summed E-state index contributed by atoms with van der Waals surface area (Å²) in [7, 11) is 0. The SMILES string of the molecule is CCOC(=O)c1cc2c3n(ccc-2n1)CC=N3. The molecule has 0 aliphatic carbocycles. The first-order valence-electron chi connectivity index (χ1n) is 5.49. The summed E-state index contributed by atoms with van der Waals surface area (Å²) >= 11 is 0. The summed E-state index contributed by atoms with van der Waals surface area (Å²) in [5, 5.41) is 0. The number of carbonyl (C=O) groups is 1. The normalized spacial score (nSPS) is 13.0. The van der Waals surface area contributed by atoms with Crippen LogP contribution in [0.2, 0.25) is 0 Å². The van der Waals surface area contributed by atoms with Crippen LogP contribution in [0.25, 0.3) is 11.3 Å². The van der Waals surface area contributed by atoms with Crippen LogP contribution in [0.5, 0.6) is 0 Å². The fourth-order valence-corrected chi connectivity index (χ4v) is 1.94. The Morgan fingerprint density at radius 1 is 1.59 bits per heavy atom. The summed E-state index contributed by atoms with van der Waals surface area (Å²) in [4.78, 5) is 20.1. The number of hydrogen-bond donors (Lipinski definition) is 0. The van der Waals surface area contributed by atoms with Crippen LogP contribution in [-0.4, -0.2) is 28.3 Å². The highest BCUT2D eigenvalue weighted by molar-refractivity contribution is 5.92. The van der Waals surface area contributed by atoms with Gasteiger partial charge < -0.3 is 9.30 Å². The molecule has 5 heteroatoms. The quantitative estimate of drug-likeness (QED) is 0.739. The minimum Gasteiger partial charge on any atom is -0.461 e. The minimum absolute atomic E-state index is 0.345. The van der Waals surface area contributed by atoms with E-state index < -0.39 is 0 Å². The van der Waals surface area contributed by atoms with Crippen molar-refractivity contribution in [2.75, 3.05) is 6.61 Å². The highest BCUT2D eigenvalue weighted by atomic mass is 16.5. The van der Waals surface area contributed by atoms with Crippen LogP contribution >= 0.6 is 0 Å². The number of esters is 1. The van der Waals surface area contributed by atoms with E-state index in [-0.39, 0.29) is 5.97 Å². The molecule has 0 unspecified atom stereocenters. The first kappa shape index (κ1) is 10.0. The lowest BCUT2D eigenvalue weighted by Crippen LogP contribution is -2.04. The van der Waals surface area contributed by atoms with Gasteiger partial charge in [-0.15, -0.1) is 0 Å². The van der Waals surface area contributed by atoms with Gasteiger partial charge in [-0.05, 0) is 19.1 Å². The monoisotopic (exact) mass is 229 g/mol. The van der Waals surface area contributed by atoms with Crippen molar-refractivity contribution < 1.29 is 9.53 Å². The second-order valence-corrected chi connectivity index (χ2v) is 3.76. The molecule has 0 atom stereocenters. The predicted molar refractivity (Wildman–Crippen MR) is 63.0 cm³/mol. The van der Waals surface area contributed by atoms with E-state index in [2.05, 4.69) is 9.98 Å². The topological polar surface area (TPSA) is 56.5 Å². The third kappa shape index (κ3) is 1.51. The molecule has 0 bridgehead atoms. The van der Waals surface area contributed by atoms with Gasteiger partial charge in [0, 0.05) is 18.0 Å². The summed E-state index contributed by atoms with van der Waals surface area (Å²) in [5.74, 6) is 0.468. The Hall–Kier alpha value is -2.17. The number of hydrogen-bond acceptors (Lipinski definition) is 4.